The van der Waals surface area contributed by atoms with Crippen molar-refractivity contribution in [3.63, 3.8) is 0 Å². The minimum absolute atomic E-state index is 0.556. The summed E-state index contributed by atoms with van der Waals surface area (Å²) in [5.74, 6) is 0.980. The van der Waals surface area contributed by atoms with Crippen molar-refractivity contribution < 1.29 is 0 Å². The number of nitrogens with zero attached hydrogens (tertiary/aromatic N) is 1. The van der Waals surface area contributed by atoms with E-state index in [0.29, 0.717) is 5.41 Å². The second-order valence-corrected chi connectivity index (χ2v) is 6.15. The van der Waals surface area contributed by atoms with Crippen molar-refractivity contribution in [3.8, 4) is 0 Å². The molecule has 1 saturated heterocycles. The molecule has 1 N–H and O–H groups in total. The Hall–Kier alpha value is -0.0800. The van der Waals surface area contributed by atoms with E-state index < -0.39 is 0 Å². The van der Waals surface area contributed by atoms with E-state index in [1.54, 1.807) is 0 Å². The standard InChI is InChI=1S/C13H26N2/c1-4-14-12(11-5-6-11)9-15-8-7-13(2,3)10-15/h11-12,14H,4-10H2,1-3H3. The van der Waals surface area contributed by atoms with Crippen molar-refractivity contribution in [2.75, 3.05) is 26.2 Å². The summed E-state index contributed by atoms with van der Waals surface area (Å²) in [6.07, 6.45) is 4.28. The summed E-state index contributed by atoms with van der Waals surface area (Å²) in [4.78, 5) is 2.66. The maximum atomic E-state index is 3.66. The first kappa shape index (κ1) is 11.4. The van der Waals surface area contributed by atoms with Crippen LogP contribution in [0.1, 0.15) is 40.0 Å². The van der Waals surface area contributed by atoms with Gasteiger partial charge in [0.15, 0.2) is 0 Å². The predicted molar refractivity (Wildman–Crippen MR) is 65.0 cm³/mol. The van der Waals surface area contributed by atoms with Gasteiger partial charge in [0.05, 0.1) is 0 Å². The first-order valence-electron chi connectivity index (χ1n) is 6.56. The minimum atomic E-state index is 0.556. The molecule has 2 heteroatoms. The quantitative estimate of drug-likeness (QED) is 0.747. The molecule has 0 aromatic carbocycles. The summed E-state index contributed by atoms with van der Waals surface area (Å²) in [6.45, 7) is 12.0. The van der Waals surface area contributed by atoms with Crippen molar-refractivity contribution in [2.45, 2.75) is 46.1 Å². The Morgan fingerprint density at radius 3 is 2.60 bits per heavy atom. The molecular formula is C13H26N2. The highest BCUT2D eigenvalue weighted by atomic mass is 15.2. The van der Waals surface area contributed by atoms with Gasteiger partial charge >= 0.3 is 0 Å². The van der Waals surface area contributed by atoms with Crippen LogP contribution < -0.4 is 5.32 Å². The molecule has 2 nitrogen and oxygen atoms in total. The smallest absolute Gasteiger partial charge is 0.0223 e. The monoisotopic (exact) mass is 210 g/mol. The number of nitrogens with one attached hydrogen (secondary N) is 1. The summed E-state index contributed by atoms with van der Waals surface area (Å²) in [5, 5.41) is 3.66. The molecule has 0 amide bonds. The highest BCUT2D eigenvalue weighted by Gasteiger charge is 2.35. The normalized spacial score (nSPS) is 28.2. The predicted octanol–water partition coefficient (Wildman–Crippen LogP) is 2.11. The molecule has 15 heavy (non-hydrogen) atoms. The van der Waals surface area contributed by atoms with Crippen LogP contribution in [-0.2, 0) is 0 Å². The molecule has 0 bridgehead atoms. The second kappa shape index (κ2) is 4.42. The molecule has 0 spiro atoms. The SMILES string of the molecule is CCNC(CN1CCC(C)(C)C1)C1CC1. The van der Waals surface area contributed by atoms with E-state index in [4.69, 9.17) is 0 Å². The highest BCUT2D eigenvalue weighted by Crippen LogP contribution is 2.35. The molecular weight excluding hydrogens is 184 g/mol. The van der Waals surface area contributed by atoms with Gasteiger partial charge in [-0.15, -0.1) is 0 Å². The van der Waals surface area contributed by atoms with E-state index >= 15 is 0 Å². The van der Waals surface area contributed by atoms with E-state index in [0.717, 1.165) is 18.5 Å². The van der Waals surface area contributed by atoms with Crippen LogP contribution in [0.2, 0.25) is 0 Å². The average Bonchev–Trinajstić information content (AvgIpc) is 2.92. The molecule has 0 radical (unpaired) electrons. The first-order valence-corrected chi connectivity index (χ1v) is 6.56. The van der Waals surface area contributed by atoms with Gasteiger partial charge in [-0.3, -0.25) is 0 Å². The number of hydrogen-bond acceptors (Lipinski definition) is 2. The van der Waals surface area contributed by atoms with Crippen molar-refractivity contribution >= 4 is 0 Å². The maximum absolute atomic E-state index is 3.66. The third-order valence-corrected chi connectivity index (χ3v) is 3.87. The van der Waals surface area contributed by atoms with Crippen LogP contribution in [0.25, 0.3) is 0 Å². The average molecular weight is 210 g/mol. The van der Waals surface area contributed by atoms with Gasteiger partial charge in [-0.1, -0.05) is 20.8 Å². The fraction of sp³-hybridized carbons (Fsp3) is 1.00. The summed E-state index contributed by atoms with van der Waals surface area (Å²) in [6, 6.07) is 0.768. The largest absolute Gasteiger partial charge is 0.313 e. The molecule has 1 unspecified atom stereocenters. The van der Waals surface area contributed by atoms with Gasteiger partial charge in [0.2, 0.25) is 0 Å². The Kier molecular flexibility index (Phi) is 3.36. The topological polar surface area (TPSA) is 15.3 Å². The first-order chi connectivity index (χ1) is 7.11. The lowest BCUT2D eigenvalue weighted by molar-refractivity contribution is 0.250. The lowest BCUT2D eigenvalue weighted by Crippen LogP contribution is -2.42. The van der Waals surface area contributed by atoms with Gasteiger partial charge in [0.25, 0.3) is 0 Å². The molecule has 1 saturated carbocycles. The van der Waals surface area contributed by atoms with Crippen LogP contribution in [0.15, 0.2) is 0 Å². The highest BCUT2D eigenvalue weighted by molar-refractivity contribution is 4.91. The van der Waals surface area contributed by atoms with Crippen molar-refractivity contribution in [1.82, 2.24) is 10.2 Å². The van der Waals surface area contributed by atoms with Gasteiger partial charge in [0, 0.05) is 19.1 Å². The Morgan fingerprint density at radius 1 is 1.40 bits per heavy atom. The number of likely N-dealkylation sites (tertiary alicyclic amines) is 1. The molecule has 1 heterocycles. The van der Waals surface area contributed by atoms with Crippen molar-refractivity contribution in [2.24, 2.45) is 11.3 Å². The fourth-order valence-corrected chi connectivity index (χ4v) is 2.80. The second-order valence-electron chi connectivity index (χ2n) is 6.15. The van der Waals surface area contributed by atoms with Crippen LogP contribution in [-0.4, -0.2) is 37.1 Å². The van der Waals surface area contributed by atoms with Gasteiger partial charge in [0.1, 0.15) is 0 Å². The molecule has 2 aliphatic rings. The van der Waals surface area contributed by atoms with E-state index in [1.165, 1.54) is 38.9 Å². The molecule has 1 aliphatic carbocycles. The molecule has 0 aromatic rings. The van der Waals surface area contributed by atoms with Crippen LogP contribution in [0, 0.1) is 11.3 Å². The fourth-order valence-electron chi connectivity index (χ4n) is 2.80. The van der Waals surface area contributed by atoms with Gasteiger partial charge < -0.3 is 10.2 Å². The Morgan fingerprint density at radius 2 is 2.13 bits per heavy atom. The molecule has 1 aliphatic heterocycles. The van der Waals surface area contributed by atoms with E-state index in [9.17, 15) is 0 Å². The van der Waals surface area contributed by atoms with Gasteiger partial charge in [-0.05, 0) is 43.7 Å². The zero-order valence-corrected chi connectivity index (χ0v) is 10.6. The Bertz CT molecular complexity index is 209. The lowest BCUT2D eigenvalue weighted by Gasteiger charge is -2.25. The molecule has 2 rings (SSSR count). The Labute approximate surface area is 94.4 Å². The summed E-state index contributed by atoms with van der Waals surface area (Å²) < 4.78 is 0. The number of likely N-dealkylation sites (N-methyl/N-ethyl adjacent to an activating group) is 1. The summed E-state index contributed by atoms with van der Waals surface area (Å²) >= 11 is 0. The van der Waals surface area contributed by atoms with Crippen LogP contribution in [0.4, 0.5) is 0 Å². The summed E-state index contributed by atoms with van der Waals surface area (Å²) in [7, 11) is 0. The third kappa shape index (κ3) is 3.18. The molecule has 88 valence electrons. The van der Waals surface area contributed by atoms with Gasteiger partial charge in [-0.25, -0.2) is 0 Å². The van der Waals surface area contributed by atoms with E-state index in [-0.39, 0.29) is 0 Å². The van der Waals surface area contributed by atoms with Gasteiger partial charge in [-0.2, -0.15) is 0 Å². The number of hydrogen-bond donors (Lipinski definition) is 1. The van der Waals surface area contributed by atoms with Crippen molar-refractivity contribution in [1.29, 1.82) is 0 Å². The molecule has 1 atom stereocenters. The Balaban J connectivity index is 1.79. The van der Waals surface area contributed by atoms with Crippen molar-refractivity contribution in [3.05, 3.63) is 0 Å². The minimum Gasteiger partial charge on any atom is -0.313 e. The zero-order chi connectivity index (χ0) is 10.9. The van der Waals surface area contributed by atoms with Crippen LogP contribution in [0.3, 0.4) is 0 Å². The van der Waals surface area contributed by atoms with Crippen LogP contribution >= 0.6 is 0 Å². The lowest BCUT2D eigenvalue weighted by atomic mass is 9.93. The maximum Gasteiger partial charge on any atom is 0.0223 e. The summed E-state index contributed by atoms with van der Waals surface area (Å²) in [5.41, 5.74) is 0.556. The van der Waals surface area contributed by atoms with E-state index in [1.807, 2.05) is 0 Å². The molecule has 2 fully saturated rings. The van der Waals surface area contributed by atoms with Crippen LogP contribution in [0.5, 0.6) is 0 Å². The van der Waals surface area contributed by atoms with E-state index in [2.05, 4.69) is 31.0 Å². The molecule has 0 aromatic heterocycles. The number of rotatable bonds is 5. The zero-order valence-electron chi connectivity index (χ0n) is 10.6. The third-order valence-electron chi connectivity index (χ3n) is 3.87.